The molecule has 0 radical (unpaired) electrons. The molecule has 1 saturated carbocycles. The molecule has 1 aliphatic carbocycles. The predicted molar refractivity (Wildman–Crippen MR) is 84.5 cm³/mol. The van der Waals surface area contributed by atoms with Gasteiger partial charge in [-0.05, 0) is 31.7 Å². The van der Waals surface area contributed by atoms with Gasteiger partial charge in [0.2, 0.25) is 0 Å². The molecule has 1 aromatic heterocycles. The van der Waals surface area contributed by atoms with Crippen LogP contribution >= 0.6 is 0 Å². The van der Waals surface area contributed by atoms with Gasteiger partial charge < -0.3 is 19.1 Å². The molecule has 4 rings (SSSR count). The number of aromatic nitrogens is 2. The highest BCUT2D eigenvalue weighted by Crippen LogP contribution is 2.35. The van der Waals surface area contributed by atoms with Crippen LogP contribution in [0.25, 0.3) is 0 Å². The number of carbonyl (C=O) groups excluding carboxylic acids is 1. The number of carbonyl (C=O) groups is 1. The summed E-state index contributed by atoms with van der Waals surface area (Å²) in [6.45, 7) is 2.46. The third-order valence-electron chi connectivity index (χ3n) is 5.18. The van der Waals surface area contributed by atoms with Gasteiger partial charge >= 0.3 is 6.01 Å². The largest absolute Gasteiger partial charge is 0.463 e. The van der Waals surface area contributed by atoms with E-state index in [1.54, 1.807) is 18.5 Å². The fraction of sp³-hybridized carbons (Fsp3) is 0.706. The zero-order valence-corrected chi connectivity index (χ0v) is 13.7. The van der Waals surface area contributed by atoms with E-state index in [0.29, 0.717) is 32.4 Å². The van der Waals surface area contributed by atoms with E-state index in [1.807, 2.05) is 4.90 Å². The Hall–Kier alpha value is -1.73. The zero-order chi connectivity index (χ0) is 16.4. The predicted octanol–water partition coefficient (Wildman–Crippen LogP) is 1.04. The highest BCUT2D eigenvalue weighted by molar-refractivity contribution is 5.81. The van der Waals surface area contributed by atoms with E-state index in [4.69, 9.17) is 14.2 Å². The summed E-state index contributed by atoms with van der Waals surface area (Å²) in [6.07, 6.45) is 6.86. The van der Waals surface area contributed by atoms with Gasteiger partial charge in [0.05, 0.1) is 25.4 Å². The van der Waals surface area contributed by atoms with Crippen molar-refractivity contribution in [3.8, 4) is 6.01 Å². The topological polar surface area (TPSA) is 73.8 Å². The molecule has 0 aromatic carbocycles. The van der Waals surface area contributed by atoms with E-state index >= 15 is 0 Å². The average molecular weight is 333 g/mol. The number of amides is 1. The Labute approximate surface area is 141 Å². The molecule has 3 fully saturated rings. The summed E-state index contributed by atoms with van der Waals surface area (Å²) in [7, 11) is 0. The molecule has 2 unspecified atom stereocenters. The summed E-state index contributed by atoms with van der Waals surface area (Å²) >= 11 is 0. The second kappa shape index (κ2) is 7.03. The van der Waals surface area contributed by atoms with Crippen molar-refractivity contribution in [1.82, 2.24) is 14.9 Å². The Morgan fingerprint density at radius 3 is 2.88 bits per heavy atom. The van der Waals surface area contributed by atoms with Crippen molar-refractivity contribution >= 4 is 5.91 Å². The molecular formula is C17H23N3O4. The van der Waals surface area contributed by atoms with Crippen molar-refractivity contribution in [3.05, 3.63) is 18.5 Å². The van der Waals surface area contributed by atoms with Crippen LogP contribution in [0.3, 0.4) is 0 Å². The molecule has 3 heterocycles. The molecule has 0 spiro atoms. The second-order valence-electron chi connectivity index (χ2n) is 6.62. The lowest BCUT2D eigenvalue weighted by Gasteiger charge is -2.40. The van der Waals surface area contributed by atoms with Crippen LogP contribution in [-0.4, -0.2) is 65.4 Å². The molecule has 7 heteroatoms. The van der Waals surface area contributed by atoms with Gasteiger partial charge in [0.15, 0.2) is 0 Å². The van der Waals surface area contributed by atoms with E-state index < -0.39 is 0 Å². The first kappa shape index (κ1) is 15.8. The minimum absolute atomic E-state index is 0.0350. The molecular weight excluding hydrogens is 310 g/mol. The van der Waals surface area contributed by atoms with Crippen molar-refractivity contribution in [2.45, 2.75) is 43.9 Å². The highest BCUT2D eigenvalue weighted by Gasteiger charge is 2.46. The highest BCUT2D eigenvalue weighted by atomic mass is 16.5. The van der Waals surface area contributed by atoms with Crippen LogP contribution in [0.2, 0.25) is 0 Å². The third-order valence-corrected chi connectivity index (χ3v) is 5.18. The molecule has 1 aromatic rings. The van der Waals surface area contributed by atoms with E-state index in [-0.39, 0.29) is 30.1 Å². The first-order valence-corrected chi connectivity index (χ1v) is 8.76. The SMILES string of the molecule is O=C(C1CCCO1)N1CCO[C@H]2C(COc3ncccn3)CC[C@@H]21. The molecule has 3 aliphatic rings. The van der Waals surface area contributed by atoms with Crippen molar-refractivity contribution in [2.75, 3.05) is 26.4 Å². The molecule has 4 atom stereocenters. The van der Waals surface area contributed by atoms with Gasteiger partial charge in [-0.1, -0.05) is 0 Å². The fourth-order valence-electron chi connectivity index (χ4n) is 4.01. The van der Waals surface area contributed by atoms with Gasteiger partial charge in [-0.2, -0.15) is 0 Å². The van der Waals surface area contributed by atoms with Gasteiger partial charge in [0, 0.05) is 31.5 Å². The molecule has 0 N–H and O–H groups in total. The van der Waals surface area contributed by atoms with Crippen LogP contribution in [0.5, 0.6) is 6.01 Å². The smallest absolute Gasteiger partial charge is 0.316 e. The molecule has 2 saturated heterocycles. The maximum absolute atomic E-state index is 12.7. The maximum Gasteiger partial charge on any atom is 0.316 e. The van der Waals surface area contributed by atoms with Crippen molar-refractivity contribution in [3.63, 3.8) is 0 Å². The quantitative estimate of drug-likeness (QED) is 0.820. The van der Waals surface area contributed by atoms with Crippen LogP contribution in [-0.2, 0) is 14.3 Å². The third kappa shape index (κ3) is 3.10. The van der Waals surface area contributed by atoms with Gasteiger partial charge in [-0.25, -0.2) is 9.97 Å². The number of ether oxygens (including phenoxy) is 3. The van der Waals surface area contributed by atoms with Crippen molar-refractivity contribution in [1.29, 1.82) is 0 Å². The van der Waals surface area contributed by atoms with Gasteiger partial charge in [-0.15, -0.1) is 0 Å². The Morgan fingerprint density at radius 2 is 2.08 bits per heavy atom. The van der Waals surface area contributed by atoms with E-state index in [9.17, 15) is 4.79 Å². The summed E-state index contributed by atoms with van der Waals surface area (Å²) in [5, 5.41) is 0. The number of fused-ring (bicyclic) bond motifs is 1. The lowest BCUT2D eigenvalue weighted by Crippen LogP contribution is -2.55. The zero-order valence-electron chi connectivity index (χ0n) is 13.7. The van der Waals surface area contributed by atoms with E-state index in [1.165, 1.54) is 0 Å². The Bertz CT molecular complexity index is 564. The van der Waals surface area contributed by atoms with Crippen LogP contribution in [0.4, 0.5) is 0 Å². The second-order valence-corrected chi connectivity index (χ2v) is 6.62. The van der Waals surface area contributed by atoms with E-state index in [0.717, 1.165) is 25.7 Å². The molecule has 24 heavy (non-hydrogen) atoms. The Morgan fingerprint density at radius 1 is 1.21 bits per heavy atom. The maximum atomic E-state index is 12.7. The van der Waals surface area contributed by atoms with Crippen molar-refractivity contribution < 1.29 is 19.0 Å². The van der Waals surface area contributed by atoms with Crippen LogP contribution < -0.4 is 4.74 Å². The number of nitrogens with zero attached hydrogens (tertiary/aromatic N) is 3. The molecule has 1 amide bonds. The molecule has 2 aliphatic heterocycles. The lowest BCUT2D eigenvalue weighted by molar-refractivity contribution is -0.155. The Balaban J connectivity index is 1.38. The first-order valence-electron chi connectivity index (χ1n) is 8.76. The fourth-order valence-corrected chi connectivity index (χ4v) is 4.01. The average Bonchev–Trinajstić information content (AvgIpc) is 3.30. The minimum Gasteiger partial charge on any atom is -0.463 e. The van der Waals surface area contributed by atoms with Crippen LogP contribution in [0, 0.1) is 5.92 Å². The van der Waals surface area contributed by atoms with E-state index in [2.05, 4.69) is 9.97 Å². The normalized spacial score (nSPS) is 32.6. The summed E-state index contributed by atoms with van der Waals surface area (Å²) < 4.78 is 17.3. The lowest BCUT2D eigenvalue weighted by atomic mass is 10.0. The minimum atomic E-state index is -0.253. The monoisotopic (exact) mass is 333 g/mol. The van der Waals surface area contributed by atoms with Gasteiger partial charge in [0.25, 0.3) is 5.91 Å². The number of rotatable bonds is 4. The molecule has 0 bridgehead atoms. The summed E-state index contributed by atoms with van der Waals surface area (Å²) in [4.78, 5) is 22.9. The summed E-state index contributed by atoms with van der Waals surface area (Å²) in [5.41, 5.74) is 0. The number of hydrogen-bond acceptors (Lipinski definition) is 6. The Kier molecular flexibility index (Phi) is 4.62. The standard InChI is InChI=1S/C17H23N3O4/c21-16(14-3-1-9-22-14)20-8-10-23-15-12(4-5-13(15)20)11-24-17-18-6-2-7-19-17/h2,6-7,12-15H,1,3-5,8-11H2/t12?,13-,14?,15-/m0/s1. The van der Waals surface area contributed by atoms with Crippen LogP contribution in [0.15, 0.2) is 18.5 Å². The number of hydrogen-bond donors (Lipinski definition) is 0. The summed E-state index contributed by atoms with van der Waals surface area (Å²) in [6, 6.07) is 2.29. The van der Waals surface area contributed by atoms with Crippen LogP contribution in [0.1, 0.15) is 25.7 Å². The van der Waals surface area contributed by atoms with Gasteiger partial charge in [-0.3, -0.25) is 4.79 Å². The molecule has 7 nitrogen and oxygen atoms in total. The first-order chi connectivity index (χ1) is 11.8. The van der Waals surface area contributed by atoms with Crippen molar-refractivity contribution in [2.24, 2.45) is 5.92 Å². The summed E-state index contributed by atoms with van der Waals surface area (Å²) in [5.74, 6) is 0.401. The van der Waals surface area contributed by atoms with Gasteiger partial charge in [0.1, 0.15) is 6.10 Å². The number of morpholine rings is 1. The molecule has 130 valence electrons.